The number of amides is 1. The van der Waals surface area contributed by atoms with E-state index in [1.54, 1.807) is 30.8 Å². The summed E-state index contributed by atoms with van der Waals surface area (Å²) in [6, 6.07) is 4.51. The number of nitrogens with one attached hydrogen (secondary N) is 1. The van der Waals surface area contributed by atoms with Crippen molar-refractivity contribution in [2.75, 3.05) is 15.9 Å². The molecule has 1 heterocycles. The monoisotopic (exact) mass is 428 g/mol. The highest BCUT2D eigenvalue weighted by Crippen LogP contribution is 2.29. The first-order chi connectivity index (χ1) is 12.5. The van der Waals surface area contributed by atoms with Crippen LogP contribution in [0.3, 0.4) is 0 Å². The molecule has 0 radical (unpaired) electrons. The molecule has 0 aliphatic rings. The zero-order chi connectivity index (χ0) is 20.4. The van der Waals surface area contributed by atoms with E-state index in [0.29, 0.717) is 16.1 Å². The molecule has 0 fully saturated rings. The summed E-state index contributed by atoms with van der Waals surface area (Å²) in [5, 5.41) is 11.4. The lowest BCUT2D eigenvalue weighted by Crippen LogP contribution is -2.45. The van der Waals surface area contributed by atoms with Gasteiger partial charge in [-0.2, -0.15) is 0 Å². The van der Waals surface area contributed by atoms with Crippen LogP contribution in [0.25, 0.3) is 0 Å². The molecule has 1 aromatic carbocycles. The van der Waals surface area contributed by atoms with Gasteiger partial charge in [0.25, 0.3) is 0 Å². The number of aromatic nitrogens is 2. The lowest BCUT2D eigenvalue weighted by molar-refractivity contribution is -0.116. The van der Waals surface area contributed by atoms with Gasteiger partial charge in [0.15, 0.2) is 4.34 Å². The van der Waals surface area contributed by atoms with Crippen molar-refractivity contribution in [2.45, 2.75) is 50.3 Å². The summed E-state index contributed by atoms with van der Waals surface area (Å²) in [7, 11) is -3.66. The topological polar surface area (TPSA) is 92.3 Å². The minimum absolute atomic E-state index is 0.351. The molecule has 1 amide bonds. The van der Waals surface area contributed by atoms with Crippen LogP contribution in [0.4, 0.5) is 10.8 Å². The predicted molar refractivity (Wildman–Crippen MR) is 112 cm³/mol. The first-order valence-electron chi connectivity index (χ1n) is 8.36. The van der Waals surface area contributed by atoms with Crippen LogP contribution in [0, 0.1) is 13.8 Å². The lowest BCUT2D eigenvalue weighted by atomic mass is 10.1. The number of carbonyl (C=O) groups excluding carboxylic acids is 1. The standard InChI is InChI=1S/C17H24N4O3S3/c1-10(2)25-17-20-19-16(26-17)18-15(22)13(5)21(27(6,23)24)14-8-11(3)7-12(4)9-14/h7-10,13H,1-6H3,(H,18,19,22)/t13-/m0/s1. The fraction of sp³-hybridized carbons (Fsp3) is 0.471. The van der Waals surface area contributed by atoms with Gasteiger partial charge >= 0.3 is 0 Å². The molecule has 7 nitrogen and oxygen atoms in total. The van der Waals surface area contributed by atoms with Crippen LogP contribution in [-0.4, -0.2) is 42.1 Å². The van der Waals surface area contributed by atoms with E-state index in [-0.39, 0.29) is 0 Å². The van der Waals surface area contributed by atoms with E-state index < -0.39 is 22.0 Å². The number of carbonyl (C=O) groups is 1. The Labute approximate surface area is 168 Å². The van der Waals surface area contributed by atoms with Crippen molar-refractivity contribution in [1.29, 1.82) is 0 Å². The molecule has 0 aliphatic heterocycles. The van der Waals surface area contributed by atoms with Crippen molar-refractivity contribution in [3.05, 3.63) is 29.3 Å². The second-order valence-electron chi connectivity index (χ2n) is 6.61. The maximum atomic E-state index is 12.7. The van der Waals surface area contributed by atoms with Crippen LogP contribution >= 0.6 is 23.1 Å². The van der Waals surface area contributed by atoms with E-state index in [2.05, 4.69) is 15.5 Å². The van der Waals surface area contributed by atoms with Crippen molar-refractivity contribution in [1.82, 2.24) is 10.2 Å². The van der Waals surface area contributed by atoms with Crippen molar-refractivity contribution in [2.24, 2.45) is 0 Å². The van der Waals surface area contributed by atoms with Crippen LogP contribution < -0.4 is 9.62 Å². The second-order valence-corrected chi connectivity index (χ2v) is 11.3. The summed E-state index contributed by atoms with van der Waals surface area (Å²) in [6.45, 7) is 9.41. The summed E-state index contributed by atoms with van der Waals surface area (Å²) in [5.41, 5.74) is 2.31. The highest BCUT2D eigenvalue weighted by molar-refractivity contribution is 8.01. The number of nitrogens with zero attached hydrogens (tertiary/aromatic N) is 3. The Kier molecular flexibility index (Phi) is 6.87. The summed E-state index contributed by atoms with van der Waals surface area (Å²) in [6.07, 6.45) is 1.09. The minimum atomic E-state index is -3.66. The van der Waals surface area contributed by atoms with E-state index in [1.807, 2.05) is 33.8 Å². The Hall–Kier alpha value is -1.65. The second kappa shape index (κ2) is 8.57. The molecule has 1 atom stereocenters. The molecule has 2 aromatic rings. The third-order valence-electron chi connectivity index (χ3n) is 3.52. The van der Waals surface area contributed by atoms with Gasteiger partial charge in [-0.25, -0.2) is 8.42 Å². The zero-order valence-electron chi connectivity index (χ0n) is 16.2. The molecule has 0 aliphatic carbocycles. The molecule has 10 heteroatoms. The molecule has 0 spiro atoms. The van der Waals surface area contributed by atoms with Crippen molar-refractivity contribution in [3.63, 3.8) is 0 Å². The molecule has 148 valence electrons. The summed E-state index contributed by atoms with van der Waals surface area (Å²) in [4.78, 5) is 12.7. The third-order valence-corrected chi connectivity index (χ3v) is 6.69. The quantitative estimate of drug-likeness (QED) is 0.536. The Bertz CT molecular complexity index is 905. The number of aryl methyl sites for hydroxylation is 2. The van der Waals surface area contributed by atoms with Crippen LogP contribution in [0.15, 0.2) is 22.5 Å². The normalized spacial score (nSPS) is 12.9. The van der Waals surface area contributed by atoms with Crippen LogP contribution in [0.2, 0.25) is 0 Å². The van der Waals surface area contributed by atoms with Crippen LogP contribution in [0.1, 0.15) is 31.9 Å². The van der Waals surface area contributed by atoms with E-state index in [0.717, 1.165) is 26.0 Å². The Morgan fingerprint density at radius 2 is 1.74 bits per heavy atom. The van der Waals surface area contributed by atoms with Gasteiger partial charge in [0.05, 0.1) is 11.9 Å². The number of sulfonamides is 1. The average molecular weight is 429 g/mol. The first-order valence-corrected chi connectivity index (χ1v) is 11.9. The molecule has 27 heavy (non-hydrogen) atoms. The molecule has 0 saturated heterocycles. The molecule has 1 aromatic heterocycles. The third kappa shape index (κ3) is 5.91. The Balaban J connectivity index is 2.26. The maximum absolute atomic E-state index is 12.7. The molecule has 0 unspecified atom stereocenters. The van der Waals surface area contributed by atoms with Gasteiger partial charge in [-0.05, 0) is 44.0 Å². The molecular formula is C17H24N4O3S3. The lowest BCUT2D eigenvalue weighted by Gasteiger charge is -2.28. The van der Waals surface area contributed by atoms with Crippen molar-refractivity contribution in [3.8, 4) is 0 Å². The van der Waals surface area contributed by atoms with Gasteiger partial charge in [0, 0.05) is 5.25 Å². The maximum Gasteiger partial charge on any atom is 0.249 e. The molecular weight excluding hydrogens is 404 g/mol. The highest BCUT2D eigenvalue weighted by Gasteiger charge is 2.30. The van der Waals surface area contributed by atoms with E-state index >= 15 is 0 Å². The van der Waals surface area contributed by atoms with Crippen molar-refractivity contribution < 1.29 is 13.2 Å². The molecule has 0 bridgehead atoms. The van der Waals surface area contributed by atoms with E-state index in [4.69, 9.17) is 0 Å². The van der Waals surface area contributed by atoms with Crippen molar-refractivity contribution >= 4 is 49.8 Å². The molecule has 2 rings (SSSR count). The SMILES string of the molecule is Cc1cc(C)cc(N([C@@H](C)C(=O)Nc2nnc(SC(C)C)s2)S(C)(=O)=O)c1. The Morgan fingerprint density at radius 1 is 1.15 bits per heavy atom. The van der Waals surface area contributed by atoms with Gasteiger partial charge in [0.1, 0.15) is 6.04 Å². The van der Waals surface area contributed by atoms with E-state index in [9.17, 15) is 13.2 Å². The smallest absolute Gasteiger partial charge is 0.249 e. The van der Waals surface area contributed by atoms with E-state index in [1.165, 1.54) is 11.3 Å². The Morgan fingerprint density at radius 3 is 2.26 bits per heavy atom. The molecule has 1 N–H and O–H groups in total. The average Bonchev–Trinajstić information content (AvgIpc) is 2.90. The minimum Gasteiger partial charge on any atom is -0.299 e. The fourth-order valence-corrected chi connectivity index (χ4v) is 5.74. The first kappa shape index (κ1) is 21.6. The van der Waals surface area contributed by atoms with Gasteiger partial charge in [0.2, 0.25) is 21.1 Å². The number of thioether (sulfide) groups is 1. The number of benzene rings is 1. The number of hydrogen-bond donors (Lipinski definition) is 1. The van der Waals surface area contributed by atoms with Crippen LogP contribution in [0.5, 0.6) is 0 Å². The number of rotatable bonds is 7. The van der Waals surface area contributed by atoms with Gasteiger partial charge < -0.3 is 0 Å². The highest BCUT2D eigenvalue weighted by atomic mass is 32.2. The van der Waals surface area contributed by atoms with Crippen LogP contribution in [-0.2, 0) is 14.8 Å². The number of hydrogen-bond acceptors (Lipinski definition) is 7. The van der Waals surface area contributed by atoms with Gasteiger partial charge in [-0.3, -0.25) is 14.4 Å². The summed E-state index contributed by atoms with van der Waals surface area (Å²) >= 11 is 2.82. The number of anilines is 2. The largest absolute Gasteiger partial charge is 0.299 e. The van der Waals surface area contributed by atoms with Gasteiger partial charge in [-0.15, -0.1) is 10.2 Å². The summed E-state index contributed by atoms with van der Waals surface area (Å²) < 4.78 is 26.7. The van der Waals surface area contributed by atoms with Gasteiger partial charge in [-0.1, -0.05) is 43.0 Å². The fourth-order valence-electron chi connectivity index (χ4n) is 2.61. The predicted octanol–water partition coefficient (Wildman–Crippen LogP) is 3.45. The zero-order valence-corrected chi connectivity index (χ0v) is 18.6. The molecule has 0 saturated carbocycles. The summed E-state index contributed by atoms with van der Waals surface area (Å²) in [5.74, 6) is -0.461.